The minimum atomic E-state index is -1.20. The Bertz CT molecular complexity index is 831. The quantitative estimate of drug-likeness (QED) is 0.785. The largest absolute Gasteiger partial charge is 0.485 e. The van der Waals surface area contributed by atoms with Crippen molar-refractivity contribution >= 4 is 5.97 Å². The van der Waals surface area contributed by atoms with Gasteiger partial charge in [0, 0.05) is 0 Å². The van der Waals surface area contributed by atoms with Gasteiger partial charge in [-0.05, 0) is 23.8 Å². The molecule has 0 aliphatic rings. The lowest BCUT2D eigenvalue weighted by Crippen LogP contribution is -2.10. The first kappa shape index (κ1) is 14.8. The highest BCUT2D eigenvalue weighted by Crippen LogP contribution is 2.23. The Balaban J connectivity index is 1.91. The zero-order valence-electron chi connectivity index (χ0n) is 12.0. The normalized spacial score (nSPS) is 10.5. The maximum Gasteiger partial charge on any atom is 0.358 e. The van der Waals surface area contributed by atoms with Crippen molar-refractivity contribution in [1.82, 2.24) is 9.78 Å². The number of carboxylic acid groups (broad SMARTS) is 1. The summed E-state index contributed by atoms with van der Waals surface area (Å²) in [7, 11) is 0. The van der Waals surface area contributed by atoms with E-state index in [4.69, 9.17) is 4.74 Å². The van der Waals surface area contributed by atoms with E-state index in [0.29, 0.717) is 5.69 Å². The number of benzene rings is 2. The summed E-state index contributed by atoms with van der Waals surface area (Å²) in [6, 6.07) is 14.9. The molecule has 1 aromatic heterocycles. The van der Waals surface area contributed by atoms with Crippen molar-refractivity contribution < 1.29 is 19.0 Å². The fraction of sp³-hybridized carbons (Fsp3) is 0.0588. The third kappa shape index (κ3) is 3.21. The highest BCUT2D eigenvalue weighted by atomic mass is 19.1. The van der Waals surface area contributed by atoms with Crippen LogP contribution in [0, 0.1) is 5.82 Å². The Kier molecular flexibility index (Phi) is 4.05. The molecule has 0 fully saturated rings. The van der Waals surface area contributed by atoms with Gasteiger partial charge in [0.2, 0.25) is 0 Å². The molecule has 6 heteroatoms. The number of hydrogen-bond donors (Lipinski definition) is 1. The first-order valence-electron chi connectivity index (χ1n) is 6.89. The molecule has 5 nitrogen and oxygen atoms in total. The van der Waals surface area contributed by atoms with Gasteiger partial charge in [-0.25, -0.2) is 13.9 Å². The highest BCUT2D eigenvalue weighted by Gasteiger charge is 2.20. The molecule has 0 spiro atoms. The summed E-state index contributed by atoms with van der Waals surface area (Å²) >= 11 is 0. The Morgan fingerprint density at radius 1 is 1.17 bits per heavy atom. The average molecular weight is 312 g/mol. The number of hydrogen-bond acceptors (Lipinski definition) is 3. The molecule has 23 heavy (non-hydrogen) atoms. The number of aromatic nitrogens is 2. The van der Waals surface area contributed by atoms with Gasteiger partial charge in [0.25, 0.3) is 0 Å². The molecule has 3 rings (SSSR count). The minimum Gasteiger partial charge on any atom is -0.485 e. The van der Waals surface area contributed by atoms with E-state index in [1.54, 1.807) is 6.07 Å². The first-order chi connectivity index (χ1) is 11.1. The summed E-state index contributed by atoms with van der Waals surface area (Å²) in [6.45, 7) is 0.218. The maximum absolute atomic E-state index is 13.3. The zero-order chi connectivity index (χ0) is 16.2. The van der Waals surface area contributed by atoms with Gasteiger partial charge in [-0.1, -0.05) is 36.4 Å². The van der Waals surface area contributed by atoms with Crippen LogP contribution in [0.4, 0.5) is 4.39 Å². The van der Waals surface area contributed by atoms with Gasteiger partial charge in [-0.2, -0.15) is 5.10 Å². The van der Waals surface area contributed by atoms with E-state index in [-0.39, 0.29) is 18.1 Å². The van der Waals surface area contributed by atoms with Crippen molar-refractivity contribution in [1.29, 1.82) is 0 Å². The molecule has 0 aliphatic carbocycles. The highest BCUT2D eigenvalue weighted by molar-refractivity contribution is 5.89. The van der Waals surface area contributed by atoms with Gasteiger partial charge in [0.1, 0.15) is 12.4 Å². The fourth-order valence-electron chi connectivity index (χ4n) is 2.17. The number of rotatable bonds is 5. The number of aromatic carboxylic acids is 1. The smallest absolute Gasteiger partial charge is 0.358 e. The number of ether oxygens (including phenoxy) is 1. The molecule has 0 atom stereocenters. The summed E-state index contributed by atoms with van der Waals surface area (Å²) in [5.41, 5.74) is 1.07. The van der Waals surface area contributed by atoms with Gasteiger partial charge >= 0.3 is 5.97 Å². The minimum absolute atomic E-state index is 0.130. The van der Waals surface area contributed by atoms with Crippen LogP contribution in [0.3, 0.4) is 0 Å². The SMILES string of the molecule is O=C(O)c1c(OCc2ccccc2)cnn1-c1cccc(F)c1. The number of carbonyl (C=O) groups is 1. The molecule has 0 saturated carbocycles. The lowest BCUT2D eigenvalue weighted by Gasteiger charge is -2.07. The predicted molar refractivity (Wildman–Crippen MR) is 81.3 cm³/mol. The summed E-state index contributed by atoms with van der Waals surface area (Å²) in [4.78, 5) is 11.5. The number of carboxylic acids is 1. The van der Waals surface area contributed by atoms with Crippen LogP contribution in [0.25, 0.3) is 5.69 Å². The maximum atomic E-state index is 13.3. The predicted octanol–water partition coefficient (Wildman–Crippen LogP) is 3.29. The van der Waals surface area contributed by atoms with Gasteiger partial charge in [-0.3, -0.25) is 0 Å². The van der Waals surface area contributed by atoms with Crippen LogP contribution < -0.4 is 4.74 Å². The summed E-state index contributed by atoms with van der Waals surface area (Å²) < 4.78 is 20.0. The van der Waals surface area contributed by atoms with Crippen molar-refractivity contribution in [2.75, 3.05) is 0 Å². The lowest BCUT2D eigenvalue weighted by molar-refractivity contribution is 0.0681. The first-order valence-corrected chi connectivity index (χ1v) is 6.89. The molecule has 1 N–H and O–H groups in total. The van der Waals surface area contributed by atoms with Crippen LogP contribution in [-0.2, 0) is 6.61 Å². The Hall–Kier alpha value is -3.15. The molecule has 0 radical (unpaired) electrons. The third-order valence-electron chi connectivity index (χ3n) is 3.23. The molecule has 0 amide bonds. The standard InChI is InChI=1S/C17H13FN2O3/c18-13-7-4-8-14(9-13)20-16(17(21)22)15(10-19-20)23-11-12-5-2-1-3-6-12/h1-10H,11H2,(H,21,22). The Labute approximate surface area is 131 Å². The Morgan fingerprint density at radius 3 is 2.65 bits per heavy atom. The zero-order valence-corrected chi connectivity index (χ0v) is 12.0. The second-order valence-electron chi connectivity index (χ2n) is 4.83. The monoisotopic (exact) mass is 312 g/mol. The molecule has 2 aromatic carbocycles. The summed E-state index contributed by atoms with van der Waals surface area (Å²) in [6.07, 6.45) is 1.32. The van der Waals surface area contributed by atoms with Crippen molar-refractivity contribution in [3.63, 3.8) is 0 Å². The molecule has 3 aromatic rings. The molecule has 0 bridgehead atoms. The van der Waals surface area contributed by atoms with Gasteiger partial charge in [0.05, 0.1) is 11.9 Å². The van der Waals surface area contributed by atoms with Crippen molar-refractivity contribution in [2.24, 2.45) is 0 Å². The van der Waals surface area contributed by atoms with Crippen LogP contribution in [0.15, 0.2) is 60.8 Å². The van der Waals surface area contributed by atoms with E-state index in [9.17, 15) is 14.3 Å². The van der Waals surface area contributed by atoms with Crippen LogP contribution >= 0.6 is 0 Å². The molecular formula is C17H13FN2O3. The molecule has 0 saturated heterocycles. The van der Waals surface area contributed by atoms with Crippen molar-refractivity contribution in [2.45, 2.75) is 6.61 Å². The topological polar surface area (TPSA) is 64.3 Å². The van der Waals surface area contributed by atoms with Crippen LogP contribution in [0.1, 0.15) is 16.1 Å². The molecule has 116 valence electrons. The Morgan fingerprint density at radius 2 is 1.96 bits per heavy atom. The van der Waals surface area contributed by atoms with Crippen LogP contribution in [0.5, 0.6) is 5.75 Å². The second-order valence-corrected chi connectivity index (χ2v) is 4.83. The van der Waals surface area contributed by atoms with Gasteiger partial charge in [0.15, 0.2) is 11.4 Å². The molecular weight excluding hydrogens is 299 g/mol. The number of halogens is 1. The summed E-state index contributed by atoms with van der Waals surface area (Å²) in [5.74, 6) is -1.54. The van der Waals surface area contributed by atoms with E-state index >= 15 is 0 Å². The van der Waals surface area contributed by atoms with Crippen molar-refractivity contribution in [3.8, 4) is 11.4 Å². The molecule has 0 unspecified atom stereocenters. The second kappa shape index (κ2) is 6.31. The number of nitrogens with zero attached hydrogens (tertiary/aromatic N) is 2. The van der Waals surface area contributed by atoms with Crippen LogP contribution in [-0.4, -0.2) is 20.9 Å². The van der Waals surface area contributed by atoms with E-state index in [2.05, 4.69) is 5.10 Å². The van der Waals surface area contributed by atoms with E-state index in [0.717, 1.165) is 10.2 Å². The van der Waals surface area contributed by atoms with Crippen LogP contribution in [0.2, 0.25) is 0 Å². The molecule has 0 aliphatic heterocycles. The van der Waals surface area contributed by atoms with Gasteiger partial charge < -0.3 is 9.84 Å². The third-order valence-corrected chi connectivity index (χ3v) is 3.23. The van der Waals surface area contributed by atoms with Crippen molar-refractivity contribution in [3.05, 3.63) is 77.9 Å². The molecule has 1 heterocycles. The van der Waals surface area contributed by atoms with E-state index in [1.807, 2.05) is 30.3 Å². The van der Waals surface area contributed by atoms with Gasteiger partial charge in [-0.15, -0.1) is 0 Å². The van der Waals surface area contributed by atoms with E-state index < -0.39 is 11.8 Å². The fourth-order valence-corrected chi connectivity index (χ4v) is 2.17. The lowest BCUT2D eigenvalue weighted by atomic mass is 10.2. The average Bonchev–Trinajstić information content (AvgIpc) is 2.98. The van der Waals surface area contributed by atoms with E-state index in [1.165, 1.54) is 24.4 Å². The summed E-state index contributed by atoms with van der Waals surface area (Å²) in [5, 5.41) is 13.4.